The van der Waals surface area contributed by atoms with Gasteiger partial charge in [0.05, 0.1) is 11.6 Å². The van der Waals surface area contributed by atoms with E-state index in [1.165, 1.54) is 12.8 Å². The molecule has 2 saturated carbocycles. The average molecular weight is 349 g/mol. The highest BCUT2D eigenvalue weighted by Crippen LogP contribution is 2.55. The molecule has 6 nitrogen and oxygen atoms in total. The van der Waals surface area contributed by atoms with Crippen molar-refractivity contribution in [1.29, 1.82) is 0 Å². The predicted octanol–water partition coefficient (Wildman–Crippen LogP) is 2.64. The van der Waals surface area contributed by atoms with Gasteiger partial charge in [-0.3, -0.25) is 9.59 Å². The van der Waals surface area contributed by atoms with Crippen LogP contribution >= 0.6 is 0 Å². The van der Waals surface area contributed by atoms with E-state index in [-0.39, 0.29) is 10.8 Å². The number of oxime groups is 1. The van der Waals surface area contributed by atoms with Gasteiger partial charge in [0.15, 0.2) is 0 Å². The van der Waals surface area contributed by atoms with Gasteiger partial charge in [-0.05, 0) is 31.1 Å². The first kappa shape index (κ1) is 18.2. The average Bonchev–Trinajstić information content (AvgIpc) is 3.00. The van der Waals surface area contributed by atoms with Gasteiger partial charge in [-0.1, -0.05) is 57.5 Å². The van der Waals surface area contributed by atoms with E-state index >= 15 is 0 Å². The Kier molecular flexibility index (Phi) is 4.58. The highest BCUT2D eigenvalue weighted by atomic mass is 16.7. The van der Waals surface area contributed by atoms with Gasteiger partial charge in [0, 0.05) is 5.41 Å². The van der Waals surface area contributed by atoms with Gasteiger partial charge >= 0.3 is 0 Å². The van der Waals surface area contributed by atoms with Crippen molar-refractivity contribution in [3.05, 3.63) is 0 Å². The molecule has 0 aromatic rings. The van der Waals surface area contributed by atoms with Crippen LogP contribution in [-0.4, -0.2) is 23.1 Å². The zero-order valence-electron chi connectivity index (χ0n) is 15.5. The van der Waals surface area contributed by atoms with E-state index in [0.717, 1.165) is 57.1 Å². The number of carbonyl (C=O) groups excluding carboxylic acids is 2. The van der Waals surface area contributed by atoms with Crippen LogP contribution in [0.2, 0.25) is 0 Å². The minimum atomic E-state index is -1.85. The molecule has 25 heavy (non-hydrogen) atoms. The minimum absolute atomic E-state index is 0.157. The third kappa shape index (κ3) is 2.74. The Morgan fingerprint density at radius 1 is 0.920 bits per heavy atom. The fourth-order valence-corrected chi connectivity index (χ4v) is 5.43. The number of hydrogen-bond donors (Lipinski definition) is 2. The molecule has 2 fully saturated rings. The van der Waals surface area contributed by atoms with Gasteiger partial charge in [0.2, 0.25) is 0 Å². The van der Waals surface area contributed by atoms with Crippen LogP contribution in [0.25, 0.3) is 0 Å². The van der Waals surface area contributed by atoms with E-state index < -0.39 is 23.3 Å². The fourth-order valence-electron chi connectivity index (χ4n) is 5.43. The van der Waals surface area contributed by atoms with E-state index in [4.69, 9.17) is 16.3 Å². The smallest absolute Gasteiger partial charge is 0.299 e. The molecule has 0 radical (unpaired) electrons. The third-order valence-corrected chi connectivity index (χ3v) is 6.97. The summed E-state index contributed by atoms with van der Waals surface area (Å²) in [6.45, 7) is 4.33. The summed E-state index contributed by atoms with van der Waals surface area (Å²) in [7, 11) is 0. The van der Waals surface area contributed by atoms with Crippen LogP contribution in [0.1, 0.15) is 78.1 Å². The van der Waals surface area contributed by atoms with Gasteiger partial charge in [0.25, 0.3) is 17.4 Å². The Balaban J connectivity index is 2.09. The van der Waals surface area contributed by atoms with Crippen LogP contribution in [0.5, 0.6) is 0 Å². The molecule has 0 bridgehead atoms. The summed E-state index contributed by atoms with van der Waals surface area (Å²) in [6, 6.07) is 0. The molecule has 1 aliphatic heterocycles. The zero-order chi connectivity index (χ0) is 18.3. The van der Waals surface area contributed by atoms with E-state index in [9.17, 15) is 9.59 Å². The lowest BCUT2D eigenvalue weighted by Crippen LogP contribution is -2.64. The van der Waals surface area contributed by atoms with Crippen molar-refractivity contribution in [2.75, 3.05) is 0 Å². The van der Waals surface area contributed by atoms with Crippen molar-refractivity contribution in [1.82, 2.24) is 0 Å². The highest BCUT2D eigenvalue weighted by molar-refractivity contribution is 6.14. The van der Waals surface area contributed by atoms with Crippen molar-refractivity contribution in [3.63, 3.8) is 0 Å². The topological polar surface area (TPSA) is 108 Å². The summed E-state index contributed by atoms with van der Waals surface area (Å²) in [6.07, 6.45) is 10.6. The number of amides is 2. The Hall–Kier alpha value is -1.59. The minimum Gasteiger partial charge on any atom is -0.368 e. The largest absolute Gasteiger partial charge is 0.368 e. The molecule has 4 N–H and O–H groups in total. The van der Waals surface area contributed by atoms with Crippen molar-refractivity contribution >= 4 is 17.5 Å². The van der Waals surface area contributed by atoms with E-state index in [1.54, 1.807) is 0 Å². The molecule has 2 amide bonds. The fraction of sp³-hybridized carbons (Fsp3) is 0.842. The second-order valence-electron chi connectivity index (χ2n) is 8.80. The van der Waals surface area contributed by atoms with Crippen LogP contribution in [0.4, 0.5) is 0 Å². The molecule has 1 heterocycles. The number of hydrogen-bond acceptors (Lipinski definition) is 4. The summed E-state index contributed by atoms with van der Waals surface area (Å²) in [5, 5.41) is 4.34. The van der Waals surface area contributed by atoms with Gasteiger partial charge in [0.1, 0.15) is 0 Å². The summed E-state index contributed by atoms with van der Waals surface area (Å²) < 4.78 is 0. The lowest BCUT2D eigenvalue weighted by Gasteiger charge is -2.47. The first-order valence-corrected chi connectivity index (χ1v) is 9.63. The quantitative estimate of drug-likeness (QED) is 0.762. The zero-order valence-corrected chi connectivity index (χ0v) is 15.5. The second-order valence-corrected chi connectivity index (χ2v) is 8.80. The molecule has 140 valence electrons. The lowest BCUT2D eigenvalue weighted by molar-refractivity contribution is -0.163. The molecule has 1 unspecified atom stereocenters. The highest BCUT2D eigenvalue weighted by Gasteiger charge is 2.66. The summed E-state index contributed by atoms with van der Waals surface area (Å²) >= 11 is 0. The van der Waals surface area contributed by atoms with Crippen LogP contribution in [-0.2, 0) is 14.4 Å². The molecule has 0 aromatic carbocycles. The second kappa shape index (κ2) is 6.29. The monoisotopic (exact) mass is 349 g/mol. The van der Waals surface area contributed by atoms with Crippen molar-refractivity contribution < 1.29 is 14.4 Å². The van der Waals surface area contributed by atoms with Crippen molar-refractivity contribution in [3.8, 4) is 0 Å². The van der Waals surface area contributed by atoms with Crippen LogP contribution in [0.15, 0.2) is 5.16 Å². The van der Waals surface area contributed by atoms with Gasteiger partial charge in [-0.15, -0.1) is 0 Å². The SMILES string of the molecule is CC1(C2=NOC(C(N)=O)(C(N)=O)C2C2(C)CCCCC2)CCCCC1. The predicted molar refractivity (Wildman–Crippen MR) is 95.5 cm³/mol. The van der Waals surface area contributed by atoms with E-state index in [1.807, 2.05) is 0 Å². The molecule has 0 saturated heterocycles. The number of carbonyl (C=O) groups is 2. The molecule has 3 rings (SSSR count). The Bertz CT molecular complexity index is 573. The molecule has 2 aliphatic carbocycles. The number of nitrogens with two attached hydrogens (primary N) is 2. The Morgan fingerprint density at radius 2 is 1.40 bits per heavy atom. The summed E-state index contributed by atoms with van der Waals surface area (Å²) in [5.41, 5.74) is 9.96. The van der Waals surface area contributed by atoms with Crippen LogP contribution in [0, 0.1) is 16.7 Å². The third-order valence-electron chi connectivity index (χ3n) is 6.97. The Labute approximate surface area is 149 Å². The molecule has 0 aromatic heterocycles. The number of primary amides is 2. The maximum atomic E-state index is 12.4. The first-order chi connectivity index (χ1) is 11.8. The molecular weight excluding hydrogens is 318 g/mol. The van der Waals surface area contributed by atoms with Crippen LogP contribution in [0.3, 0.4) is 0 Å². The van der Waals surface area contributed by atoms with Crippen LogP contribution < -0.4 is 11.5 Å². The van der Waals surface area contributed by atoms with Gasteiger partial charge < -0.3 is 16.3 Å². The van der Waals surface area contributed by atoms with E-state index in [0.29, 0.717) is 0 Å². The summed E-state index contributed by atoms with van der Waals surface area (Å²) in [4.78, 5) is 30.4. The molecule has 3 aliphatic rings. The number of rotatable bonds is 4. The van der Waals surface area contributed by atoms with Crippen molar-refractivity contribution in [2.24, 2.45) is 33.4 Å². The summed E-state index contributed by atoms with van der Waals surface area (Å²) in [5.74, 6) is -2.08. The maximum absolute atomic E-state index is 12.4. The Morgan fingerprint density at radius 3 is 1.88 bits per heavy atom. The van der Waals surface area contributed by atoms with Gasteiger partial charge in [-0.2, -0.15) is 0 Å². The lowest BCUT2D eigenvalue weighted by atomic mass is 9.55. The standard InChI is InChI=1S/C19H31N3O3/c1-17(9-5-3-6-10-17)13-14(18(2)11-7-4-8-12-18)22-25-19(13,15(20)23)16(21)24/h13H,3-12H2,1-2H3,(H2,20,23)(H2,21,24). The molecular formula is C19H31N3O3. The number of nitrogens with zero attached hydrogens (tertiary/aromatic N) is 1. The molecule has 6 heteroatoms. The normalized spacial score (nSPS) is 30.2. The molecule has 1 atom stereocenters. The van der Waals surface area contributed by atoms with Crippen molar-refractivity contribution in [2.45, 2.75) is 83.7 Å². The van der Waals surface area contributed by atoms with E-state index in [2.05, 4.69) is 19.0 Å². The molecule has 0 spiro atoms. The first-order valence-electron chi connectivity index (χ1n) is 9.63. The van der Waals surface area contributed by atoms with Gasteiger partial charge in [-0.25, -0.2) is 0 Å². The maximum Gasteiger partial charge on any atom is 0.299 e.